The van der Waals surface area contributed by atoms with Gasteiger partial charge in [-0.15, -0.1) is 0 Å². The van der Waals surface area contributed by atoms with E-state index in [4.69, 9.17) is 0 Å². The van der Waals surface area contributed by atoms with Crippen LogP contribution in [0.15, 0.2) is 24.3 Å². The number of nitrogens with zero attached hydrogens (tertiary/aromatic N) is 2. The summed E-state index contributed by atoms with van der Waals surface area (Å²) < 4.78 is 39.6. The molecule has 1 heterocycles. The molecular weight excluding hydrogens is 345 g/mol. The summed E-state index contributed by atoms with van der Waals surface area (Å²) in [5.74, 6) is -0.155. The van der Waals surface area contributed by atoms with Crippen LogP contribution in [0.4, 0.5) is 30.6 Å². The zero-order chi connectivity index (χ0) is 19.5. The van der Waals surface area contributed by atoms with Crippen LogP contribution in [0.1, 0.15) is 30.7 Å². The first-order valence-electron chi connectivity index (χ1n) is 8.28. The molecule has 2 aromatic rings. The molecule has 142 valence electrons. The largest absolute Gasteiger partial charge is 0.433 e. The van der Waals surface area contributed by atoms with E-state index in [1.165, 1.54) is 0 Å². The molecule has 1 aromatic heterocycles. The predicted molar refractivity (Wildman–Crippen MR) is 95.6 cm³/mol. The standard InChI is InChI=1S/C18H23F3N4O/c1-10(2)14(9-26)23-17-24-15(18(19,20)21)8-16(25-17)22-13-7-5-6-11(3)12(13)4/h5-8,10,14,26H,9H2,1-4H3,(H2,22,23,24,25)/t14-/m0/s1. The maximum Gasteiger partial charge on any atom is 0.433 e. The van der Waals surface area contributed by atoms with Crippen molar-refractivity contribution in [1.82, 2.24) is 9.97 Å². The first-order chi connectivity index (χ1) is 12.1. The number of anilines is 3. The number of hydrogen-bond donors (Lipinski definition) is 3. The van der Waals surface area contributed by atoms with Crippen LogP contribution in [0, 0.1) is 19.8 Å². The second kappa shape index (κ2) is 7.90. The van der Waals surface area contributed by atoms with Gasteiger partial charge in [-0.05, 0) is 37.0 Å². The summed E-state index contributed by atoms with van der Waals surface area (Å²) in [6.45, 7) is 7.25. The van der Waals surface area contributed by atoms with Crippen molar-refractivity contribution in [1.29, 1.82) is 0 Å². The molecule has 0 saturated heterocycles. The summed E-state index contributed by atoms with van der Waals surface area (Å²) in [7, 11) is 0. The highest BCUT2D eigenvalue weighted by Gasteiger charge is 2.34. The number of aliphatic hydroxyl groups is 1. The minimum atomic E-state index is -4.61. The molecule has 0 radical (unpaired) electrons. The van der Waals surface area contributed by atoms with Gasteiger partial charge in [0.25, 0.3) is 0 Å². The van der Waals surface area contributed by atoms with E-state index in [0.717, 1.165) is 17.2 Å². The zero-order valence-electron chi connectivity index (χ0n) is 15.1. The summed E-state index contributed by atoms with van der Waals surface area (Å²) in [6.07, 6.45) is -4.61. The van der Waals surface area contributed by atoms with Crippen molar-refractivity contribution >= 4 is 17.5 Å². The summed E-state index contributed by atoms with van der Waals surface area (Å²) >= 11 is 0. The Kier molecular flexibility index (Phi) is 6.07. The van der Waals surface area contributed by atoms with Gasteiger partial charge >= 0.3 is 6.18 Å². The van der Waals surface area contributed by atoms with E-state index in [0.29, 0.717) is 5.69 Å². The number of aryl methyl sites for hydroxylation is 1. The second-order valence-electron chi connectivity index (χ2n) is 6.51. The highest BCUT2D eigenvalue weighted by molar-refractivity contribution is 5.63. The molecular formula is C18H23F3N4O. The van der Waals surface area contributed by atoms with Crippen molar-refractivity contribution in [2.75, 3.05) is 17.2 Å². The number of aliphatic hydroxyl groups excluding tert-OH is 1. The van der Waals surface area contributed by atoms with E-state index in [1.54, 1.807) is 6.07 Å². The maximum absolute atomic E-state index is 13.2. The number of alkyl halides is 3. The lowest BCUT2D eigenvalue weighted by molar-refractivity contribution is -0.141. The van der Waals surface area contributed by atoms with Gasteiger partial charge in [-0.25, -0.2) is 4.98 Å². The maximum atomic E-state index is 13.2. The van der Waals surface area contributed by atoms with E-state index in [2.05, 4.69) is 20.6 Å². The van der Waals surface area contributed by atoms with Gasteiger partial charge in [0.1, 0.15) is 5.82 Å². The molecule has 0 aliphatic rings. The number of benzene rings is 1. The fourth-order valence-electron chi connectivity index (χ4n) is 2.33. The number of hydrogen-bond acceptors (Lipinski definition) is 5. The monoisotopic (exact) mass is 368 g/mol. The molecule has 0 aliphatic heterocycles. The van der Waals surface area contributed by atoms with Gasteiger partial charge in [0.2, 0.25) is 5.95 Å². The lowest BCUT2D eigenvalue weighted by Gasteiger charge is -2.21. The third-order valence-electron chi connectivity index (χ3n) is 4.20. The number of rotatable bonds is 6. The normalized spacial score (nSPS) is 13.0. The van der Waals surface area contributed by atoms with Gasteiger partial charge in [0.15, 0.2) is 5.69 Å². The van der Waals surface area contributed by atoms with Crippen molar-refractivity contribution in [2.24, 2.45) is 5.92 Å². The van der Waals surface area contributed by atoms with E-state index in [1.807, 2.05) is 39.8 Å². The van der Waals surface area contributed by atoms with E-state index >= 15 is 0 Å². The molecule has 0 bridgehead atoms. The Balaban J connectivity index is 2.41. The molecule has 0 aliphatic carbocycles. The highest BCUT2D eigenvalue weighted by Crippen LogP contribution is 2.31. The van der Waals surface area contributed by atoms with Crippen LogP contribution in [0.25, 0.3) is 0 Å². The molecule has 3 N–H and O–H groups in total. The lowest BCUT2D eigenvalue weighted by Crippen LogP contribution is -2.30. The topological polar surface area (TPSA) is 70.1 Å². The quantitative estimate of drug-likeness (QED) is 0.710. The summed E-state index contributed by atoms with van der Waals surface area (Å²) in [5.41, 5.74) is 1.55. The molecule has 1 aromatic carbocycles. The fourth-order valence-corrected chi connectivity index (χ4v) is 2.33. The summed E-state index contributed by atoms with van der Waals surface area (Å²) in [4.78, 5) is 7.70. The molecule has 0 unspecified atom stereocenters. The molecule has 5 nitrogen and oxygen atoms in total. The molecule has 0 fully saturated rings. The SMILES string of the molecule is Cc1cccc(Nc2cc(C(F)(F)F)nc(N[C@@H](CO)C(C)C)n2)c1C. The van der Waals surface area contributed by atoms with Crippen LogP contribution in [0.2, 0.25) is 0 Å². The Morgan fingerprint density at radius 3 is 2.42 bits per heavy atom. The molecule has 2 rings (SSSR count). The molecule has 8 heteroatoms. The highest BCUT2D eigenvalue weighted by atomic mass is 19.4. The fraction of sp³-hybridized carbons (Fsp3) is 0.444. The van der Waals surface area contributed by atoms with Gasteiger partial charge in [-0.3, -0.25) is 0 Å². The van der Waals surface area contributed by atoms with Crippen LogP contribution >= 0.6 is 0 Å². The summed E-state index contributed by atoms with van der Waals surface area (Å²) in [6, 6.07) is 5.93. The Labute approximate surface area is 150 Å². The van der Waals surface area contributed by atoms with Crippen molar-refractivity contribution in [3.05, 3.63) is 41.1 Å². The summed E-state index contributed by atoms with van der Waals surface area (Å²) in [5, 5.41) is 15.1. The lowest BCUT2D eigenvalue weighted by atomic mass is 10.1. The average Bonchev–Trinajstić information content (AvgIpc) is 2.55. The van der Waals surface area contributed by atoms with E-state index < -0.39 is 17.9 Å². The third kappa shape index (κ3) is 4.85. The minimum absolute atomic E-state index is 0.00595. The Morgan fingerprint density at radius 1 is 1.15 bits per heavy atom. The number of aromatic nitrogens is 2. The van der Waals surface area contributed by atoms with Crippen LogP contribution in [-0.4, -0.2) is 27.7 Å². The van der Waals surface area contributed by atoms with Crippen LogP contribution in [0.5, 0.6) is 0 Å². The van der Waals surface area contributed by atoms with Gasteiger partial charge in [0.05, 0.1) is 12.6 Å². The van der Waals surface area contributed by atoms with Crippen molar-refractivity contribution in [3.8, 4) is 0 Å². The molecule has 26 heavy (non-hydrogen) atoms. The first kappa shape index (κ1) is 20.0. The molecule has 0 saturated carbocycles. The molecule has 0 amide bonds. The molecule has 0 spiro atoms. The van der Waals surface area contributed by atoms with Gasteiger partial charge in [-0.2, -0.15) is 18.2 Å². The van der Waals surface area contributed by atoms with Crippen molar-refractivity contribution in [3.63, 3.8) is 0 Å². The van der Waals surface area contributed by atoms with Crippen molar-refractivity contribution < 1.29 is 18.3 Å². The van der Waals surface area contributed by atoms with Crippen molar-refractivity contribution in [2.45, 2.75) is 39.9 Å². The predicted octanol–water partition coefficient (Wildman–Crippen LogP) is 4.28. The second-order valence-corrected chi connectivity index (χ2v) is 6.51. The Hall–Kier alpha value is -2.35. The smallest absolute Gasteiger partial charge is 0.394 e. The van der Waals surface area contributed by atoms with Crippen LogP contribution < -0.4 is 10.6 Å². The number of halogens is 3. The van der Waals surface area contributed by atoms with Gasteiger partial charge in [-0.1, -0.05) is 26.0 Å². The van der Waals surface area contributed by atoms with Gasteiger partial charge < -0.3 is 15.7 Å². The zero-order valence-corrected chi connectivity index (χ0v) is 15.1. The Bertz CT molecular complexity index is 763. The molecule has 1 atom stereocenters. The minimum Gasteiger partial charge on any atom is -0.394 e. The van der Waals surface area contributed by atoms with E-state index in [9.17, 15) is 18.3 Å². The Morgan fingerprint density at radius 2 is 1.85 bits per heavy atom. The third-order valence-corrected chi connectivity index (χ3v) is 4.20. The average molecular weight is 368 g/mol. The first-order valence-corrected chi connectivity index (χ1v) is 8.28. The van der Waals surface area contributed by atoms with Gasteiger partial charge in [0, 0.05) is 11.8 Å². The van der Waals surface area contributed by atoms with Crippen LogP contribution in [-0.2, 0) is 6.18 Å². The van der Waals surface area contributed by atoms with E-state index in [-0.39, 0.29) is 24.3 Å². The van der Waals surface area contributed by atoms with Crippen LogP contribution in [0.3, 0.4) is 0 Å². The number of nitrogens with one attached hydrogen (secondary N) is 2.